The molecule has 1 aromatic rings. The van der Waals surface area contributed by atoms with E-state index < -0.39 is 0 Å². The molecule has 0 aliphatic carbocycles. The lowest BCUT2D eigenvalue weighted by Gasteiger charge is -2.11. The molecule has 5 nitrogen and oxygen atoms in total. The molecule has 1 amide bonds. The van der Waals surface area contributed by atoms with Gasteiger partial charge in [0.05, 0.1) is 14.2 Å². The molecular weight excluding hydrogens is 258 g/mol. The molecule has 5 heteroatoms. The number of benzene rings is 1. The molecular formula is C15H21NO4. The van der Waals surface area contributed by atoms with Crippen LogP contribution in [0.25, 0.3) is 0 Å². The molecule has 1 atom stereocenters. The molecule has 1 heterocycles. The Hall–Kier alpha value is -1.75. The summed E-state index contributed by atoms with van der Waals surface area (Å²) in [6, 6.07) is 5.59. The number of carbonyl (C=O) groups excluding carboxylic acids is 1. The fraction of sp³-hybridized carbons (Fsp3) is 0.533. The van der Waals surface area contributed by atoms with Gasteiger partial charge < -0.3 is 19.5 Å². The fourth-order valence-electron chi connectivity index (χ4n) is 2.25. The van der Waals surface area contributed by atoms with Crippen LogP contribution in [0.1, 0.15) is 18.4 Å². The lowest BCUT2D eigenvalue weighted by atomic mass is 10.0. The third-order valence-electron chi connectivity index (χ3n) is 3.40. The first-order chi connectivity index (χ1) is 9.71. The van der Waals surface area contributed by atoms with Crippen LogP contribution in [-0.2, 0) is 16.1 Å². The van der Waals surface area contributed by atoms with E-state index in [0.717, 1.165) is 30.1 Å². The van der Waals surface area contributed by atoms with Crippen molar-refractivity contribution in [1.29, 1.82) is 0 Å². The zero-order valence-corrected chi connectivity index (χ0v) is 12.0. The van der Waals surface area contributed by atoms with Crippen LogP contribution < -0.4 is 14.8 Å². The second-order valence-corrected chi connectivity index (χ2v) is 4.93. The Morgan fingerprint density at radius 3 is 2.55 bits per heavy atom. The minimum absolute atomic E-state index is 0.0577. The summed E-state index contributed by atoms with van der Waals surface area (Å²) in [6.07, 6.45) is 1.50. The normalized spacial score (nSPS) is 17.8. The highest BCUT2D eigenvalue weighted by atomic mass is 16.5. The van der Waals surface area contributed by atoms with E-state index in [2.05, 4.69) is 5.32 Å². The van der Waals surface area contributed by atoms with Crippen LogP contribution in [0.15, 0.2) is 18.2 Å². The minimum Gasteiger partial charge on any atom is -0.497 e. The molecule has 110 valence electrons. The molecule has 1 fully saturated rings. The Morgan fingerprint density at radius 1 is 1.30 bits per heavy atom. The summed E-state index contributed by atoms with van der Waals surface area (Å²) in [4.78, 5) is 11.9. The van der Waals surface area contributed by atoms with Gasteiger partial charge in [0.1, 0.15) is 11.5 Å². The zero-order chi connectivity index (χ0) is 14.4. The molecule has 0 saturated carbocycles. The Labute approximate surface area is 119 Å². The van der Waals surface area contributed by atoms with Gasteiger partial charge in [0.2, 0.25) is 5.91 Å². The highest BCUT2D eigenvalue weighted by molar-refractivity contribution is 5.76. The van der Waals surface area contributed by atoms with Crippen LogP contribution >= 0.6 is 0 Å². The van der Waals surface area contributed by atoms with Gasteiger partial charge in [-0.1, -0.05) is 0 Å². The average Bonchev–Trinajstić information content (AvgIpc) is 2.97. The van der Waals surface area contributed by atoms with Gasteiger partial charge in [0.25, 0.3) is 0 Å². The molecule has 1 saturated heterocycles. The van der Waals surface area contributed by atoms with E-state index in [0.29, 0.717) is 25.5 Å². The standard InChI is InChI=1S/C15H21NO4/c1-18-13-5-12(6-14(8-13)19-2)9-16-15(17)7-11-3-4-20-10-11/h5-6,8,11H,3-4,7,9-10H2,1-2H3,(H,16,17)/t11-/m1/s1. The summed E-state index contributed by atoms with van der Waals surface area (Å²) < 4.78 is 15.7. The molecule has 0 unspecified atom stereocenters. The molecule has 1 N–H and O–H groups in total. The van der Waals surface area contributed by atoms with Crippen molar-refractivity contribution in [2.75, 3.05) is 27.4 Å². The lowest BCUT2D eigenvalue weighted by molar-refractivity contribution is -0.122. The summed E-state index contributed by atoms with van der Waals surface area (Å²) in [5.74, 6) is 1.85. The van der Waals surface area contributed by atoms with Crippen LogP contribution in [0.3, 0.4) is 0 Å². The van der Waals surface area contributed by atoms with Gasteiger partial charge in [-0.15, -0.1) is 0 Å². The van der Waals surface area contributed by atoms with E-state index in [9.17, 15) is 4.79 Å². The third-order valence-corrected chi connectivity index (χ3v) is 3.40. The number of amides is 1. The SMILES string of the molecule is COc1cc(CNC(=O)C[C@H]2CCOC2)cc(OC)c1. The maximum absolute atomic E-state index is 11.9. The van der Waals surface area contributed by atoms with Crippen LogP contribution in [0.4, 0.5) is 0 Å². The molecule has 1 aliphatic rings. The van der Waals surface area contributed by atoms with Crippen molar-refractivity contribution in [2.45, 2.75) is 19.4 Å². The number of hydrogen-bond donors (Lipinski definition) is 1. The number of hydrogen-bond acceptors (Lipinski definition) is 4. The first-order valence-electron chi connectivity index (χ1n) is 6.77. The largest absolute Gasteiger partial charge is 0.497 e. The van der Waals surface area contributed by atoms with E-state index in [1.807, 2.05) is 12.1 Å². The molecule has 0 spiro atoms. The summed E-state index contributed by atoms with van der Waals surface area (Å²) in [6.45, 7) is 1.94. The van der Waals surface area contributed by atoms with E-state index in [1.165, 1.54) is 0 Å². The van der Waals surface area contributed by atoms with Gasteiger partial charge in [0, 0.05) is 32.2 Å². The second kappa shape index (κ2) is 7.14. The highest BCUT2D eigenvalue weighted by Crippen LogP contribution is 2.22. The predicted molar refractivity (Wildman–Crippen MR) is 74.9 cm³/mol. The van der Waals surface area contributed by atoms with Gasteiger partial charge >= 0.3 is 0 Å². The maximum atomic E-state index is 11.9. The van der Waals surface area contributed by atoms with E-state index >= 15 is 0 Å². The van der Waals surface area contributed by atoms with E-state index in [-0.39, 0.29) is 5.91 Å². The Kier molecular flexibility index (Phi) is 5.24. The van der Waals surface area contributed by atoms with Gasteiger partial charge in [-0.3, -0.25) is 4.79 Å². The Balaban J connectivity index is 1.87. The van der Waals surface area contributed by atoms with Gasteiger partial charge in [-0.05, 0) is 30.0 Å². The molecule has 0 radical (unpaired) electrons. The van der Waals surface area contributed by atoms with Crippen LogP contribution in [0.2, 0.25) is 0 Å². The van der Waals surface area contributed by atoms with Crippen molar-refractivity contribution in [1.82, 2.24) is 5.32 Å². The predicted octanol–water partition coefficient (Wildman–Crippen LogP) is 1.75. The van der Waals surface area contributed by atoms with E-state index in [1.54, 1.807) is 20.3 Å². The number of rotatable bonds is 6. The Morgan fingerprint density at radius 2 is 2.00 bits per heavy atom. The van der Waals surface area contributed by atoms with Crippen LogP contribution in [0.5, 0.6) is 11.5 Å². The van der Waals surface area contributed by atoms with E-state index in [4.69, 9.17) is 14.2 Å². The smallest absolute Gasteiger partial charge is 0.220 e. The topological polar surface area (TPSA) is 56.8 Å². The summed E-state index contributed by atoms with van der Waals surface area (Å²) >= 11 is 0. The van der Waals surface area contributed by atoms with Crippen molar-refractivity contribution in [3.05, 3.63) is 23.8 Å². The molecule has 2 rings (SSSR count). The molecule has 0 bridgehead atoms. The second-order valence-electron chi connectivity index (χ2n) is 4.93. The number of ether oxygens (including phenoxy) is 3. The monoisotopic (exact) mass is 279 g/mol. The van der Waals surface area contributed by atoms with Crippen molar-refractivity contribution < 1.29 is 19.0 Å². The lowest BCUT2D eigenvalue weighted by Crippen LogP contribution is -2.25. The van der Waals surface area contributed by atoms with Gasteiger partial charge in [-0.2, -0.15) is 0 Å². The van der Waals surface area contributed by atoms with Gasteiger partial charge in [-0.25, -0.2) is 0 Å². The molecule has 0 aromatic heterocycles. The number of methoxy groups -OCH3 is 2. The highest BCUT2D eigenvalue weighted by Gasteiger charge is 2.18. The third kappa shape index (κ3) is 4.13. The Bertz CT molecular complexity index is 433. The molecule has 20 heavy (non-hydrogen) atoms. The van der Waals surface area contributed by atoms with Crippen molar-refractivity contribution in [3.63, 3.8) is 0 Å². The number of nitrogens with one attached hydrogen (secondary N) is 1. The fourth-order valence-corrected chi connectivity index (χ4v) is 2.25. The molecule has 1 aromatic carbocycles. The van der Waals surface area contributed by atoms with Gasteiger partial charge in [0.15, 0.2) is 0 Å². The first-order valence-corrected chi connectivity index (χ1v) is 6.77. The zero-order valence-electron chi connectivity index (χ0n) is 12.0. The molecule has 1 aliphatic heterocycles. The summed E-state index contributed by atoms with van der Waals surface area (Å²) in [5, 5.41) is 2.92. The van der Waals surface area contributed by atoms with Crippen molar-refractivity contribution >= 4 is 5.91 Å². The van der Waals surface area contributed by atoms with Crippen LogP contribution in [-0.4, -0.2) is 33.3 Å². The minimum atomic E-state index is 0.0577. The van der Waals surface area contributed by atoms with Crippen molar-refractivity contribution in [2.24, 2.45) is 5.92 Å². The maximum Gasteiger partial charge on any atom is 0.220 e. The van der Waals surface area contributed by atoms with Crippen LogP contribution in [0, 0.1) is 5.92 Å². The quantitative estimate of drug-likeness (QED) is 0.862. The summed E-state index contributed by atoms with van der Waals surface area (Å²) in [7, 11) is 3.22. The number of carbonyl (C=O) groups is 1. The summed E-state index contributed by atoms with van der Waals surface area (Å²) in [5.41, 5.74) is 0.956. The first kappa shape index (κ1) is 14.7. The van der Waals surface area contributed by atoms with Crippen molar-refractivity contribution in [3.8, 4) is 11.5 Å². The average molecular weight is 279 g/mol.